The van der Waals surface area contributed by atoms with Crippen molar-refractivity contribution in [3.63, 3.8) is 0 Å². The zero-order valence-corrected chi connectivity index (χ0v) is 14.4. The number of hydrogen-bond donors (Lipinski definition) is 2. The largest absolute Gasteiger partial charge is 0.383 e. The highest BCUT2D eigenvalue weighted by atomic mass is 32.2. The standard InChI is InChI=1S/C13H21N7O2S/c1-8-5-10(3)20(18-8)12-16-17-13(19(12)14)23-7-11(21)15-9(2)6-22-4/h5,9H,6-7,14H2,1-4H3,(H,15,21). The monoisotopic (exact) mass is 339 g/mol. The lowest BCUT2D eigenvalue weighted by molar-refractivity contribution is -0.119. The van der Waals surface area contributed by atoms with Crippen LogP contribution in [0.1, 0.15) is 18.3 Å². The summed E-state index contributed by atoms with van der Waals surface area (Å²) in [5.74, 6) is 6.49. The van der Waals surface area contributed by atoms with Gasteiger partial charge in [0.05, 0.1) is 18.1 Å². The Morgan fingerprint density at radius 1 is 1.48 bits per heavy atom. The number of rotatable bonds is 7. The van der Waals surface area contributed by atoms with Crippen molar-refractivity contribution in [1.82, 2.24) is 30.0 Å². The Bertz CT molecular complexity index is 682. The number of carbonyl (C=O) groups is 1. The van der Waals surface area contributed by atoms with E-state index in [-0.39, 0.29) is 17.7 Å². The average Bonchev–Trinajstić information content (AvgIpc) is 2.99. The topological polar surface area (TPSA) is 113 Å². The normalized spacial score (nSPS) is 12.3. The molecule has 0 spiro atoms. The van der Waals surface area contributed by atoms with E-state index >= 15 is 0 Å². The van der Waals surface area contributed by atoms with Crippen molar-refractivity contribution >= 4 is 17.7 Å². The number of aryl methyl sites for hydroxylation is 2. The number of carbonyl (C=O) groups excluding carboxylic acids is 1. The first-order chi connectivity index (χ1) is 10.9. The van der Waals surface area contributed by atoms with E-state index in [0.29, 0.717) is 17.7 Å². The Kier molecular flexibility index (Phi) is 5.61. The van der Waals surface area contributed by atoms with Crippen LogP contribution in [0, 0.1) is 13.8 Å². The van der Waals surface area contributed by atoms with E-state index in [1.807, 2.05) is 26.8 Å². The van der Waals surface area contributed by atoms with E-state index < -0.39 is 0 Å². The molecule has 23 heavy (non-hydrogen) atoms. The number of aromatic nitrogens is 5. The summed E-state index contributed by atoms with van der Waals surface area (Å²) >= 11 is 1.21. The number of methoxy groups -OCH3 is 1. The van der Waals surface area contributed by atoms with Crippen LogP contribution in [0.15, 0.2) is 11.2 Å². The minimum atomic E-state index is -0.116. The van der Waals surface area contributed by atoms with Gasteiger partial charge in [-0.2, -0.15) is 5.10 Å². The number of nitrogen functional groups attached to an aromatic ring is 1. The van der Waals surface area contributed by atoms with E-state index in [2.05, 4.69) is 20.6 Å². The molecular weight excluding hydrogens is 318 g/mol. The fraction of sp³-hybridized carbons (Fsp3) is 0.538. The molecule has 0 fully saturated rings. The van der Waals surface area contributed by atoms with Gasteiger partial charge in [0.2, 0.25) is 11.1 Å². The summed E-state index contributed by atoms with van der Waals surface area (Å²) in [4.78, 5) is 11.8. The molecule has 2 aromatic rings. The summed E-state index contributed by atoms with van der Waals surface area (Å²) in [6.45, 7) is 6.14. The van der Waals surface area contributed by atoms with Gasteiger partial charge in [-0.15, -0.1) is 10.2 Å². The summed E-state index contributed by atoms with van der Waals surface area (Å²) in [5, 5.41) is 15.6. The lowest BCUT2D eigenvalue weighted by Gasteiger charge is -2.12. The molecule has 0 bridgehead atoms. The fourth-order valence-electron chi connectivity index (χ4n) is 2.08. The van der Waals surface area contributed by atoms with Gasteiger partial charge in [-0.25, -0.2) is 9.36 Å². The highest BCUT2D eigenvalue weighted by Gasteiger charge is 2.16. The SMILES string of the molecule is COCC(C)NC(=O)CSc1nnc(-n2nc(C)cc2C)n1N. The second-order valence-electron chi connectivity index (χ2n) is 5.20. The summed E-state index contributed by atoms with van der Waals surface area (Å²) < 4.78 is 7.92. The third kappa shape index (κ3) is 4.23. The number of thioether (sulfide) groups is 1. The Hall–Kier alpha value is -2.07. The molecule has 0 aliphatic heterocycles. The van der Waals surface area contributed by atoms with Crippen LogP contribution in [0.3, 0.4) is 0 Å². The lowest BCUT2D eigenvalue weighted by Crippen LogP contribution is -2.36. The van der Waals surface area contributed by atoms with Gasteiger partial charge in [-0.3, -0.25) is 4.79 Å². The number of ether oxygens (including phenoxy) is 1. The summed E-state index contributed by atoms with van der Waals surface area (Å²) in [5.41, 5.74) is 1.77. The Labute approximate surface area is 138 Å². The van der Waals surface area contributed by atoms with Gasteiger partial charge >= 0.3 is 0 Å². The average molecular weight is 339 g/mol. The van der Waals surface area contributed by atoms with Crippen molar-refractivity contribution in [2.45, 2.75) is 32.0 Å². The third-order valence-electron chi connectivity index (χ3n) is 3.00. The van der Waals surface area contributed by atoms with E-state index in [1.165, 1.54) is 16.4 Å². The maximum Gasteiger partial charge on any atom is 0.271 e. The molecular formula is C13H21N7O2S. The first-order valence-electron chi connectivity index (χ1n) is 7.07. The molecule has 0 aliphatic rings. The van der Waals surface area contributed by atoms with Crippen LogP contribution in [-0.2, 0) is 9.53 Å². The Morgan fingerprint density at radius 3 is 2.83 bits per heavy atom. The van der Waals surface area contributed by atoms with Crippen molar-refractivity contribution in [2.24, 2.45) is 0 Å². The number of nitrogens with zero attached hydrogens (tertiary/aromatic N) is 5. The quantitative estimate of drug-likeness (QED) is 0.541. The number of amides is 1. The molecule has 0 saturated carbocycles. The molecule has 9 nitrogen and oxygen atoms in total. The van der Waals surface area contributed by atoms with Gasteiger partial charge in [-0.05, 0) is 26.8 Å². The molecule has 2 rings (SSSR count). The second kappa shape index (κ2) is 7.47. The first kappa shape index (κ1) is 17.3. The van der Waals surface area contributed by atoms with Crippen molar-refractivity contribution in [1.29, 1.82) is 0 Å². The van der Waals surface area contributed by atoms with Crippen LogP contribution in [-0.4, -0.2) is 56.1 Å². The molecule has 2 heterocycles. The molecule has 0 aromatic carbocycles. The van der Waals surface area contributed by atoms with Gasteiger partial charge in [-0.1, -0.05) is 11.8 Å². The molecule has 0 aliphatic carbocycles. The molecule has 1 atom stereocenters. The third-order valence-corrected chi connectivity index (χ3v) is 3.95. The van der Waals surface area contributed by atoms with Crippen LogP contribution < -0.4 is 11.2 Å². The summed E-state index contributed by atoms with van der Waals surface area (Å²) in [6, 6.07) is 1.88. The molecule has 0 saturated heterocycles. The van der Waals surface area contributed by atoms with E-state index in [9.17, 15) is 4.79 Å². The lowest BCUT2D eigenvalue weighted by atomic mass is 10.3. The number of nitrogens with two attached hydrogens (primary N) is 1. The highest BCUT2D eigenvalue weighted by molar-refractivity contribution is 7.99. The van der Waals surface area contributed by atoms with Crippen LogP contribution in [0.2, 0.25) is 0 Å². The Morgan fingerprint density at radius 2 is 2.22 bits per heavy atom. The molecule has 10 heteroatoms. The van der Waals surface area contributed by atoms with Gasteiger partial charge < -0.3 is 15.9 Å². The molecule has 3 N–H and O–H groups in total. The van der Waals surface area contributed by atoms with E-state index in [1.54, 1.807) is 11.8 Å². The molecule has 1 amide bonds. The first-order valence-corrected chi connectivity index (χ1v) is 8.06. The van der Waals surface area contributed by atoms with E-state index in [0.717, 1.165) is 11.4 Å². The van der Waals surface area contributed by atoms with Crippen molar-refractivity contribution in [2.75, 3.05) is 25.3 Å². The van der Waals surface area contributed by atoms with E-state index in [4.69, 9.17) is 10.6 Å². The van der Waals surface area contributed by atoms with Crippen LogP contribution in [0.25, 0.3) is 5.95 Å². The fourth-order valence-corrected chi connectivity index (χ4v) is 2.74. The van der Waals surface area contributed by atoms with Crippen LogP contribution in [0.5, 0.6) is 0 Å². The second-order valence-corrected chi connectivity index (χ2v) is 6.15. The number of nitrogens with one attached hydrogen (secondary N) is 1. The van der Waals surface area contributed by atoms with Crippen molar-refractivity contribution in [3.05, 3.63) is 17.5 Å². The predicted octanol–water partition coefficient (Wildman–Crippen LogP) is 0.0376. The maximum absolute atomic E-state index is 11.8. The molecule has 126 valence electrons. The van der Waals surface area contributed by atoms with Gasteiger partial charge in [0.1, 0.15) is 0 Å². The predicted molar refractivity (Wildman–Crippen MR) is 87.0 cm³/mol. The smallest absolute Gasteiger partial charge is 0.271 e. The van der Waals surface area contributed by atoms with Crippen LogP contribution in [0.4, 0.5) is 0 Å². The molecule has 2 aromatic heterocycles. The molecule has 0 radical (unpaired) electrons. The minimum Gasteiger partial charge on any atom is -0.383 e. The number of hydrogen-bond acceptors (Lipinski definition) is 7. The summed E-state index contributed by atoms with van der Waals surface area (Å²) in [6.07, 6.45) is 0. The van der Waals surface area contributed by atoms with Crippen molar-refractivity contribution < 1.29 is 9.53 Å². The van der Waals surface area contributed by atoms with Crippen LogP contribution >= 0.6 is 11.8 Å². The molecule has 1 unspecified atom stereocenters. The Balaban J connectivity index is 2.00. The van der Waals surface area contributed by atoms with Crippen molar-refractivity contribution in [3.8, 4) is 5.95 Å². The minimum absolute atomic E-state index is 0.0471. The highest BCUT2D eigenvalue weighted by Crippen LogP contribution is 2.17. The van der Waals surface area contributed by atoms with Gasteiger partial charge in [0, 0.05) is 18.8 Å². The van der Waals surface area contributed by atoms with Gasteiger partial charge in [0.25, 0.3) is 5.95 Å². The van der Waals surface area contributed by atoms with Gasteiger partial charge in [0.15, 0.2) is 0 Å². The zero-order valence-electron chi connectivity index (χ0n) is 13.6. The maximum atomic E-state index is 11.8. The summed E-state index contributed by atoms with van der Waals surface area (Å²) in [7, 11) is 1.59. The zero-order chi connectivity index (χ0) is 17.0.